The summed E-state index contributed by atoms with van der Waals surface area (Å²) in [7, 11) is 0. The fourth-order valence-corrected chi connectivity index (χ4v) is 1.94. The molecule has 0 atom stereocenters. The zero-order chi connectivity index (χ0) is 16.3. The Morgan fingerprint density at radius 1 is 1.14 bits per heavy atom. The molecular weight excluding hydrogens is 276 g/mol. The first-order chi connectivity index (χ1) is 10.2. The van der Waals surface area contributed by atoms with Gasteiger partial charge in [-0.1, -0.05) is 12.1 Å². The van der Waals surface area contributed by atoms with Crippen LogP contribution in [0, 0.1) is 13.8 Å². The number of aryl methyl sites for hydroxylation is 2. The number of aromatic nitrogens is 2. The molecule has 0 bridgehead atoms. The van der Waals surface area contributed by atoms with Crippen LogP contribution in [0.3, 0.4) is 0 Å². The van der Waals surface area contributed by atoms with Crippen molar-refractivity contribution in [3.05, 3.63) is 47.3 Å². The van der Waals surface area contributed by atoms with Crippen molar-refractivity contribution in [2.75, 3.05) is 10.6 Å². The van der Waals surface area contributed by atoms with Gasteiger partial charge in [-0.3, -0.25) is 4.79 Å². The predicted octanol–water partition coefficient (Wildman–Crippen LogP) is 3.56. The molecule has 22 heavy (non-hydrogen) atoms. The molecule has 2 N–H and O–H groups in total. The minimum absolute atomic E-state index is 0.164. The third kappa shape index (κ3) is 4.28. The van der Waals surface area contributed by atoms with E-state index in [9.17, 15) is 4.79 Å². The second-order valence-electron chi connectivity index (χ2n) is 6.41. The molecule has 5 nitrogen and oxygen atoms in total. The molecule has 0 saturated carbocycles. The Kier molecular flexibility index (Phi) is 4.45. The summed E-state index contributed by atoms with van der Waals surface area (Å²) in [4.78, 5) is 20.8. The molecule has 0 spiro atoms. The number of carbonyl (C=O) groups excluding carboxylic acids is 1. The first kappa shape index (κ1) is 15.9. The SMILES string of the molecule is Cc1ccc(C)c(NC(=O)c2ccnc(NC(C)(C)C)n2)c1. The minimum Gasteiger partial charge on any atom is -0.350 e. The van der Waals surface area contributed by atoms with Crippen LogP contribution in [0.25, 0.3) is 0 Å². The van der Waals surface area contributed by atoms with Crippen molar-refractivity contribution in [1.29, 1.82) is 0 Å². The average Bonchev–Trinajstić information content (AvgIpc) is 2.41. The first-order valence-electron chi connectivity index (χ1n) is 7.24. The molecule has 0 unspecified atom stereocenters. The van der Waals surface area contributed by atoms with Gasteiger partial charge in [0.05, 0.1) is 0 Å². The Morgan fingerprint density at radius 2 is 1.86 bits per heavy atom. The van der Waals surface area contributed by atoms with Gasteiger partial charge in [0.15, 0.2) is 0 Å². The lowest BCUT2D eigenvalue weighted by molar-refractivity contribution is 0.102. The highest BCUT2D eigenvalue weighted by molar-refractivity contribution is 6.03. The highest BCUT2D eigenvalue weighted by Crippen LogP contribution is 2.17. The monoisotopic (exact) mass is 298 g/mol. The number of nitrogens with one attached hydrogen (secondary N) is 2. The Labute approximate surface area is 131 Å². The fourth-order valence-electron chi connectivity index (χ4n) is 1.94. The van der Waals surface area contributed by atoms with E-state index in [-0.39, 0.29) is 11.4 Å². The normalized spacial score (nSPS) is 11.1. The average molecular weight is 298 g/mol. The summed E-state index contributed by atoms with van der Waals surface area (Å²) >= 11 is 0. The van der Waals surface area contributed by atoms with Gasteiger partial charge in [-0.2, -0.15) is 0 Å². The van der Waals surface area contributed by atoms with Crippen LogP contribution in [0.1, 0.15) is 42.4 Å². The number of rotatable bonds is 3. The summed E-state index contributed by atoms with van der Waals surface area (Å²) < 4.78 is 0. The first-order valence-corrected chi connectivity index (χ1v) is 7.24. The smallest absolute Gasteiger partial charge is 0.274 e. The van der Waals surface area contributed by atoms with Gasteiger partial charge in [-0.05, 0) is 57.9 Å². The summed E-state index contributed by atoms with van der Waals surface area (Å²) in [6.07, 6.45) is 1.58. The van der Waals surface area contributed by atoms with Crippen molar-refractivity contribution >= 4 is 17.5 Å². The standard InChI is InChI=1S/C17H22N4O/c1-11-6-7-12(2)14(10-11)19-15(22)13-8-9-18-16(20-13)21-17(3,4)5/h6-10H,1-5H3,(H,19,22)(H,18,20,21). The summed E-state index contributed by atoms with van der Waals surface area (Å²) in [5.74, 6) is 0.203. The number of hydrogen-bond acceptors (Lipinski definition) is 4. The minimum atomic E-state index is -0.243. The van der Waals surface area contributed by atoms with Gasteiger partial charge < -0.3 is 10.6 Å². The number of hydrogen-bond donors (Lipinski definition) is 2. The van der Waals surface area contributed by atoms with Crippen molar-refractivity contribution < 1.29 is 4.79 Å². The second-order valence-corrected chi connectivity index (χ2v) is 6.41. The molecule has 0 aliphatic rings. The molecule has 1 aromatic heterocycles. The van der Waals surface area contributed by atoms with Gasteiger partial charge >= 0.3 is 0 Å². The van der Waals surface area contributed by atoms with E-state index in [1.54, 1.807) is 12.3 Å². The van der Waals surface area contributed by atoms with E-state index in [1.165, 1.54) is 0 Å². The number of nitrogens with zero attached hydrogens (tertiary/aromatic N) is 2. The van der Waals surface area contributed by atoms with E-state index in [0.717, 1.165) is 16.8 Å². The van der Waals surface area contributed by atoms with Crippen LogP contribution in [-0.2, 0) is 0 Å². The van der Waals surface area contributed by atoms with E-state index in [1.807, 2.05) is 52.8 Å². The van der Waals surface area contributed by atoms with Gasteiger partial charge in [0, 0.05) is 17.4 Å². The summed E-state index contributed by atoms with van der Waals surface area (Å²) in [5.41, 5.74) is 3.08. The Balaban J connectivity index is 2.19. The largest absolute Gasteiger partial charge is 0.350 e. The van der Waals surface area contributed by atoms with E-state index < -0.39 is 0 Å². The van der Waals surface area contributed by atoms with Crippen LogP contribution in [-0.4, -0.2) is 21.4 Å². The molecule has 0 saturated heterocycles. The second kappa shape index (κ2) is 6.13. The van der Waals surface area contributed by atoms with Crippen LogP contribution in [0.4, 0.5) is 11.6 Å². The van der Waals surface area contributed by atoms with Crippen LogP contribution >= 0.6 is 0 Å². The Morgan fingerprint density at radius 3 is 2.55 bits per heavy atom. The molecule has 1 aromatic carbocycles. The van der Waals surface area contributed by atoms with Crippen LogP contribution in [0.15, 0.2) is 30.5 Å². The summed E-state index contributed by atoms with van der Waals surface area (Å²) in [5, 5.41) is 6.06. The molecule has 2 rings (SSSR count). The lowest BCUT2D eigenvalue weighted by atomic mass is 10.1. The number of benzene rings is 1. The zero-order valence-corrected chi connectivity index (χ0v) is 13.7. The lowest BCUT2D eigenvalue weighted by Crippen LogP contribution is -2.28. The number of carbonyl (C=O) groups is 1. The van der Waals surface area contributed by atoms with Crippen molar-refractivity contribution in [2.45, 2.75) is 40.2 Å². The molecule has 2 aromatic rings. The van der Waals surface area contributed by atoms with Crippen LogP contribution in [0.2, 0.25) is 0 Å². The van der Waals surface area contributed by atoms with Gasteiger partial charge in [-0.15, -0.1) is 0 Å². The fraction of sp³-hybridized carbons (Fsp3) is 0.353. The van der Waals surface area contributed by atoms with Gasteiger partial charge in [0.1, 0.15) is 5.69 Å². The summed E-state index contributed by atoms with van der Waals surface area (Å²) in [6.45, 7) is 9.99. The highest BCUT2D eigenvalue weighted by Gasteiger charge is 2.14. The highest BCUT2D eigenvalue weighted by atomic mass is 16.1. The maximum atomic E-state index is 12.4. The van der Waals surface area contributed by atoms with Gasteiger partial charge in [-0.25, -0.2) is 9.97 Å². The molecule has 1 amide bonds. The van der Waals surface area contributed by atoms with Crippen LogP contribution < -0.4 is 10.6 Å². The predicted molar refractivity (Wildman–Crippen MR) is 89.3 cm³/mol. The van der Waals surface area contributed by atoms with E-state index in [0.29, 0.717) is 11.6 Å². The maximum absolute atomic E-state index is 12.4. The van der Waals surface area contributed by atoms with E-state index in [4.69, 9.17) is 0 Å². The molecule has 116 valence electrons. The molecule has 5 heteroatoms. The lowest BCUT2D eigenvalue weighted by Gasteiger charge is -2.20. The number of amides is 1. The molecule has 1 heterocycles. The topological polar surface area (TPSA) is 66.9 Å². The maximum Gasteiger partial charge on any atom is 0.274 e. The zero-order valence-electron chi connectivity index (χ0n) is 13.7. The number of anilines is 2. The molecule has 0 fully saturated rings. The quantitative estimate of drug-likeness (QED) is 0.909. The van der Waals surface area contributed by atoms with Gasteiger partial charge in [0.25, 0.3) is 5.91 Å². The molecular formula is C17H22N4O. The third-order valence-electron chi connectivity index (χ3n) is 3.02. The van der Waals surface area contributed by atoms with E-state index in [2.05, 4.69) is 20.6 Å². The van der Waals surface area contributed by atoms with Crippen molar-refractivity contribution in [3.8, 4) is 0 Å². The Hall–Kier alpha value is -2.43. The third-order valence-corrected chi connectivity index (χ3v) is 3.02. The van der Waals surface area contributed by atoms with Gasteiger partial charge in [0.2, 0.25) is 5.95 Å². The van der Waals surface area contributed by atoms with Crippen molar-refractivity contribution in [2.24, 2.45) is 0 Å². The Bertz CT molecular complexity index is 689. The summed E-state index contributed by atoms with van der Waals surface area (Å²) in [6, 6.07) is 7.55. The van der Waals surface area contributed by atoms with Crippen molar-refractivity contribution in [1.82, 2.24) is 9.97 Å². The van der Waals surface area contributed by atoms with E-state index >= 15 is 0 Å². The molecule has 0 radical (unpaired) electrons. The molecule has 0 aliphatic carbocycles. The van der Waals surface area contributed by atoms with Crippen molar-refractivity contribution in [3.63, 3.8) is 0 Å². The molecule has 0 aliphatic heterocycles. The van der Waals surface area contributed by atoms with Crippen LogP contribution in [0.5, 0.6) is 0 Å².